The highest BCUT2D eigenvalue weighted by Gasteiger charge is 2.55. The molecule has 2 aliphatic carbocycles. The van der Waals surface area contributed by atoms with Crippen molar-refractivity contribution in [1.82, 2.24) is 0 Å². The van der Waals surface area contributed by atoms with E-state index in [-0.39, 0.29) is 17.6 Å². The Morgan fingerprint density at radius 2 is 1.80 bits per heavy atom. The molecule has 0 aliphatic heterocycles. The van der Waals surface area contributed by atoms with E-state index in [0.717, 1.165) is 25.0 Å². The Hall–Kier alpha value is -1.02. The summed E-state index contributed by atoms with van der Waals surface area (Å²) >= 11 is 0. The topological polar surface area (TPSA) is 29.5 Å². The molecule has 2 atom stereocenters. The third kappa shape index (κ3) is 2.35. The molecule has 0 aromatic heterocycles. The lowest BCUT2D eigenvalue weighted by atomic mass is 9.59. The highest BCUT2D eigenvalue weighted by atomic mass is 16.5. The lowest BCUT2D eigenvalue weighted by Gasteiger charge is -2.53. The van der Waals surface area contributed by atoms with Crippen LogP contribution in [0.15, 0.2) is 18.2 Å². The Kier molecular flexibility index (Phi) is 3.76. The molecule has 0 heterocycles. The highest BCUT2D eigenvalue weighted by Crippen LogP contribution is 2.52. The van der Waals surface area contributed by atoms with Crippen LogP contribution in [0.25, 0.3) is 0 Å². The van der Waals surface area contributed by atoms with Crippen molar-refractivity contribution < 1.29 is 9.84 Å². The van der Waals surface area contributed by atoms with Gasteiger partial charge < -0.3 is 9.84 Å². The molecule has 0 radical (unpaired) electrons. The second-order valence-corrected chi connectivity index (χ2v) is 6.77. The van der Waals surface area contributed by atoms with Crippen LogP contribution in [0, 0.1) is 19.3 Å². The van der Waals surface area contributed by atoms with Crippen molar-refractivity contribution in [3.8, 4) is 5.75 Å². The summed E-state index contributed by atoms with van der Waals surface area (Å²) in [5, 5.41) is 10.3. The average molecular weight is 274 g/mol. The third-order valence-electron chi connectivity index (χ3n) is 5.38. The molecule has 2 nitrogen and oxygen atoms in total. The number of aliphatic hydroxyl groups excluding tert-OH is 1. The van der Waals surface area contributed by atoms with Gasteiger partial charge in [0.25, 0.3) is 0 Å². The molecule has 0 saturated heterocycles. The summed E-state index contributed by atoms with van der Waals surface area (Å²) in [6.07, 6.45) is 8.21. The van der Waals surface area contributed by atoms with E-state index in [4.69, 9.17) is 4.74 Å². The molecule has 2 saturated carbocycles. The summed E-state index contributed by atoms with van der Waals surface area (Å²) in [7, 11) is 0. The lowest BCUT2D eigenvalue weighted by molar-refractivity contribution is -0.163. The molecule has 2 heteroatoms. The predicted octanol–water partition coefficient (Wildman–Crippen LogP) is 4.16. The number of ether oxygens (including phenoxy) is 1. The van der Waals surface area contributed by atoms with E-state index in [1.807, 2.05) is 0 Å². The zero-order valence-electron chi connectivity index (χ0n) is 12.7. The Bertz CT molecular complexity index is 472. The van der Waals surface area contributed by atoms with Crippen molar-refractivity contribution in [1.29, 1.82) is 0 Å². The van der Waals surface area contributed by atoms with Crippen molar-refractivity contribution in [2.75, 3.05) is 0 Å². The number of aliphatic hydroxyl groups is 1. The van der Waals surface area contributed by atoms with E-state index in [1.165, 1.54) is 36.8 Å². The van der Waals surface area contributed by atoms with Crippen LogP contribution < -0.4 is 4.74 Å². The van der Waals surface area contributed by atoms with E-state index in [1.54, 1.807) is 0 Å². The van der Waals surface area contributed by atoms with Gasteiger partial charge in [-0.1, -0.05) is 43.4 Å². The quantitative estimate of drug-likeness (QED) is 0.877. The first-order valence-corrected chi connectivity index (χ1v) is 8.04. The van der Waals surface area contributed by atoms with Crippen LogP contribution in [0.4, 0.5) is 0 Å². The fourth-order valence-electron chi connectivity index (χ4n) is 4.02. The predicted molar refractivity (Wildman–Crippen MR) is 81.1 cm³/mol. The van der Waals surface area contributed by atoms with Crippen molar-refractivity contribution in [3.05, 3.63) is 29.3 Å². The van der Waals surface area contributed by atoms with Gasteiger partial charge in [0.15, 0.2) is 0 Å². The van der Waals surface area contributed by atoms with Crippen LogP contribution in [-0.2, 0) is 0 Å². The molecule has 2 unspecified atom stereocenters. The molecule has 2 fully saturated rings. The van der Waals surface area contributed by atoms with E-state index < -0.39 is 0 Å². The molecule has 1 spiro atoms. The summed E-state index contributed by atoms with van der Waals surface area (Å²) in [5.41, 5.74) is 2.51. The normalized spacial score (nSPS) is 28.8. The maximum absolute atomic E-state index is 10.3. The zero-order valence-corrected chi connectivity index (χ0v) is 12.7. The Morgan fingerprint density at radius 1 is 1.10 bits per heavy atom. The van der Waals surface area contributed by atoms with Gasteiger partial charge in [0.2, 0.25) is 0 Å². The van der Waals surface area contributed by atoms with E-state index in [9.17, 15) is 5.11 Å². The second-order valence-electron chi connectivity index (χ2n) is 6.77. The van der Waals surface area contributed by atoms with Gasteiger partial charge in [-0.15, -0.1) is 0 Å². The smallest absolute Gasteiger partial charge is 0.122 e. The molecular weight excluding hydrogens is 248 g/mol. The standard InChI is InChI=1S/C18H26O2/c1-13-7-8-15(14(2)11-13)20-17-12-16(19)18(17)9-5-3-4-6-10-18/h7-8,11,16-17,19H,3-6,9-10,12H2,1-2H3. The molecule has 0 amide bonds. The lowest BCUT2D eigenvalue weighted by Crippen LogP contribution is -2.59. The van der Waals surface area contributed by atoms with Crippen LogP contribution in [-0.4, -0.2) is 17.3 Å². The summed E-state index contributed by atoms with van der Waals surface area (Å²) < 4.78 is 6.30. The Labute approximate surface area is 122 Å². The minimum atomic E-state index is -0.156. The van der Waals surface area contributed by atoms with Gasteiger partial charge in [0, 0.05) is 11.8 Å². The summed E-state index contributed by atoms with van der Waals surface area (Å²) in [6, 6.07) is 6.36. The van der Waals surface area contributed by atoms with Crippen LogP contribution >= 0.6 is 0 Å². The van der Waals surface area contributed by atoms with Gasteiger partial charge in [-0.3, -0.25) is 0 Å². The van der Waals surface area contributed by atoms with Gasteiger partial charge in [0.05, 0.1) is 6.10 Å². The Balaban J connectivity index is 1.76. The molecule has 2 aliphatic rings. The number of benzene rings is 1. The molecule has 1 aromatic carbocycles. The van der Waals surface area contributed by atoms with Crippen LogP contribution in [0.3, 0.4) is 0 Å². The van der Waals surface area contributed by atoms with Crippen molar-refractivity contribution >= 4 is 0 Å². The average Bonchev–Trinajstić information content (AvgIpc) is 2.69. The van der Waals surface area contributed by atoms with E-state index in [0.29, 0.717) is 0 Å². The van der Waals surface area contributed by atoms with Crippen molar-refractivity contribution in [3.63, 3.8) is 0 Å². The fourth-order valence-corrected chi connectivity index (χ4v) is 4.02. The summed E-state index contributed by atoms with van der Waals surface area (Å²) in [4.78, 5) is 0. The first-order chi connectivity index (χ1) is 9.62. The van der Waals surface area contributed by atoms with Gasteiger partial charge in [0.1, 0.15) is 11.9 Å². The third-order valence-corrected chi connectivity index (χ3v) is 5.38. The van der Waals surface area contributed by atoms with Crippen molar-refractivity contribution in [2.45, 2.75) is 71.0 Å². The maximum Gasteiger partial charge on any atom is 0.122 e. The largest absolute Gasteiger partial charge is 0.489 e. The number of rotatable bonds is 2. The molecule has 20 heavy (non-hydrogen) atoms. The SMILES string of the molecule is Cc1ccc(OC2CC(O)C23CCCCCC3)c(C)c1. The molecule has 1 aromatic rings. The molecule has 0 bridgehead atoms. The number of hydrogen-bond acceptors (Lipinski definition) is 2. The summed E-state index contributed by atoms with van der Waals surface area (Å²) in [5.74, 6) is 0.996. The first kappa shape index (κ1) is 13.9. The maximum atomic E-state index is 10.3. The highest BCUT2D eigenvalue weighted by molar-refractivity contribution is 5.36. The van der Waals surface area contributed by atoms with Crippen LogP contribution in [0.1, 0.15) is 56.1 Å². The van der Waals surface area contributed by atoms with Crippen LogP contribution in [0.2, 0.25) is 0 Å². The van der Waals surface area contributed by atoms with Crippen LogP contribution in [0.5, 0.6) is 5.75 Å². The summed E-state index contributed by atoms with van der Waals surface area (Å²) in [6.45, 7) is 4.22. The van der Waals surface area contributed by atoms with Gasteiger partial charge in [-0.05, 0) is 38.3 Å². The van der Waals surface area contributed by atoms with Gasteiger partial charge in [-0.25, -0.2) is 0 Å². The first-order valence-electron chi connectivity index (χ1n) is 8.04. The van der Waals surface area contributed by atoms with Gasteiger partial charge in [-0.2, -0.15) is 0 Å². The van der Waals surface area contributed by atoms with Gasteiger partial charge >= 0.3 is 0 Å². The minimum absolute atomic E-state index is 0.0355. The van der Waals surface area contributed by atoms with Crippen molar-refractivity contribution in [2.24, 2.45) is 5.41 Å². The fraction of sp³-hybridized carbons (Fsp3) is 0.667. The molecule has 3 rings (SSSR count). The second kappa shape index (κ2) is 5.40. The monoisotopic (exact) mass is 274 g/mol. The van der Waals surface area contributed by atoms with E-state index in [2.05, 4.69) is 32.0 Å². The zero-order chi connectivity index (χ0) is 14.2. The minimum Gasteiger partial charge on any atom is -0.489 e. The van der Waals surface area contributed by atoms with E-state index >= 15 is 0 Å². The number of hydrogen-bond donors (Lipinski definition) is 1. The molecule has 1 N–H and O–H groups in total. The molecule has 110 valence electrons. The molecular formula is C18H26O2. The Morgan fingerprint density at radius 3 is 2.40 bits per heavy atom. The number of aryl methyl sites for hydroxylation is 2.